The van der Waals surface area contributed by atoms with E-state index >= 15 is 0 Å². The Hall–Kier alpha value is -3.68. The van der Waals surface area contributed by atoms with Crippen molar-refractivity contribution in [2.24, 2.45) is 0 Å². The lowest BCUT2D eigenvalue weighted by molar-refractivity contribution is -0.125. The number of nitrogens with one attached hydrogen (secondary N) is 2. The molecular weight excluding hydrogens is 370 g/mol. The molecule has 1 aliphatic heterocycles. The Kier molecular flexibility index (Phi) is 4.99. The van der Waals surface area contributed by atoms with Gasteiger partial charge < -0.3 is 10.1 Å². The van der Waals surface area contributed by atoms with Crippen LogP contribution in [0, 0.1) is 0 Å². The van der Waals surface area contributed by atoms with Gasteiger partial charge in [-0.2, -0.15) is 4.98 Å². The van der Waals surface area contributed by atoms with Crippen molar-refractivity contribution >= 4 is 23.5 Å². The summed E-state index contributed by atoms with van der Waals surface area (Å²) in [7, 11) is 1.59. The lowest BCUT2D eigenvalue weighted by atomic mass is 10.1. The summed E-state index contributed by atoms with van der Waals surface area (Å²) < 4.78 is 6.63. The zero-order chi connectivity index (χ0) is 20.4. The number of hydrogen-bond donors (Lipinski definition) is 2. The summed E-state index contributed by atoms with van der Waals surface area (Å²) in [5, 5.41) is 10.0. The topological polar surface area (TPSA) is 98.1 Å². The third-order valence-electron chi connectivity index (χ3n) is 4.84. The van der Waals surface area contributed by atoms with Gasteiger partial charge in [-0.15, -0.1) is 5.10 Å². The van der Waals surface area contributed by atoms with Gasteiger partial charge >= 0.3 is 0 Å². The second-order valence-electron chi connectivity index (χ2n) is 6.74. The average Bonchev–Trinajstić information content (AvgIpc) is 3.17. The summed E-state index contributed by atoms with van der Waals surface area (Å²) >= 11 is 0. The number of aryl methyl sites for hydroxylation is 1. The van der Waals surface area contributed by atoms with Crippen LogP contribution in [0.2, 0.25) is 0 Å². The van der Waals surface area contributed by atoms with Gasteiger partial charge in [0.1, 0.15) is 11.8 Å². The fourth-order valence-electron chi connectivity index (χ4n) is 3.18. The number of hydrogen-bond acceptors (Lipinski definition) is 5. The molecule has 4 rings (SSSR count). The molecule has 2 amide bonds. The van der Waals surface area contributed by atoms with Gasteiger partial charge in [-0.25, -0.2) is 4.68 Å². The molecule has 2 aromatic carbocycles. The smallest absolute Gasteiger partial charge is 0.249 e. The standard InChI is InChI=1S/C21H21N5O3/c1-3-13-4-8-15(9-5-13)22-20(28)17-12-18(27)23-21-24-19(25-26(17)21)14-6-10-16(29-2)11-7-14/h4-11,17H,3,12H2,1-2H3,(H,22,28)(H,23,24,25,27). The number of methoxy groups -OCH3 is 1. The average molecular weight is 391 g/mol. The molecule has 0 spiro atoms. The summed E-state index contributed by atoms with van der Waals surface area (Å²) in [6.07, 6.45) is 0.921. The molecule has 0 aliphatic carbocycles. The van der Waals surface area contributed by atoms with E-state index in [2.05, 4.69) is 27.6 Å². The fourth-order valence-corrected chi connectivity index (χ4v) is 3.18. The molecule has 0 fully saturated rings. The van der Waals surface area contributed by atoms with E-state index < -0.39 is 6.04 Å². The van der Waals surface area contributed by atoms with Crippen LogP contribution in [-0.2, 0) is 16.0 Å². The first-order valence-corrected chi connectivity index (χ1v) is 9.38. The molecule has 2 N–H and O–H groups in total. The quantitative estimate of drug-likeness (QED) is 0.697. The molecule has 1 aromatic heterocycles. The highest BCUT2D eigenvalue weighted by Crippen LogP contribution is 2.28. The molecule has 8 nitrogen and oxygen atoms in total. The molecule has 0 saturated carbocycles. The van der Waals surface area contributed by atoms with Gasteiger partial charge in [0.2, 0.25) is 17.8 Å². The van der Waals surface area contributed by atoms with E-state index in [9.17, 15) is 9.59 Å². The zero-order valence-corrected chi connectivity index (χ0v) is 16.2. The third-order valence-corrected chi connectivity index (χ3v) is 4.84. The molecule has 3 aromatic rings. The molecule has 1 aliphatic rings. The normalized spacial score (nSPS) is 15.4. The van der Waals surface area contributed by atoms with E-state index in [0.29, 0.717) is 11.5 Å². The molecule has 0 saturated heterocycles. The van der Waals surface area contributed by atoms with Crippen LogP contribution in [0.1, 0.15) is 24.9 Å². The van der Waals surface area contributed by atoms with Crippen molar-refractivity contribution < 1.29 is 14.3 Å². The number of anilines is 2. The summed E-state index contributed by atoms with van der Waals surface area (Å²) in [5.41, 5.74) is 2.62. The highest BCUT2D eigenvalue weighted by Gasteiger charge is 2.33. The monoisotopic (exact) mass is 391 g/mol. The first-order valence-electron chi connectivity index (χ1n) is 9.38. The van der Waals surface area contributed by atoms with Crippen molar-refractivity contribution in [2.75, 3.05) is 17.7 Å². The molecule has 0 bridgehead atoms. The number of amides is 2. The Balaban J connectivity index is 1.59. The number of carbonyl (C=O) groups is 2. The van der Waals surface area contributed by atoms with Crippen molar-refractivity contribution in [1.29, 1.82) is 0 Å². The van der Waals surface area contributed by atoms with Crippen molar-refractivity contribution in [3.8, 4) is 17.1 Å². The Morgan fingerprint density at radius 1 is 1.21 bits per heavy atom. The highest BCUT2D eigenvalue weighted by molar-refractivity contribution is 6.00. The summed E-state index contributed by atoms with van der Waals surface area (Å²) in [4.78, 5) is 29.4. The maximum absolute atomic E-state index is 12.9. The molecule has 2 heterocycles. The minimum Gasteiger partial charge on any atom is -0.497 e. The van der Waals surface area contributed by atoms with Crippen LogP contribution in [0.4, 0.5) is 11.6 Å². The van der Waals surface area contributed by atoms with E-state index in [4.69, 9.17) is 4.74 Å². The Labute approximate surface area is 167 Å². The molecular formula is C21H21N5O3. The predicted octanol–water partition coefficient (Wildman–Crippen LogP) is 3.04. The summed E-state index contributed by atoms with van der Waals surface area (Å²) in [6.45, 7) is 2.07. The summed E-state index contributed by atoms with van der Waals surface area (Å²) in [6, 6.07) is 14.1. The van der Waals surface area contributed by atoms with Gasteiger partial charge in [-0.1, -0.05) is 19.1 Å². The molecule has 1 atom stereocenters. The molecule has 148 valence electrons. The van der Waals surface area contributed by atoms with E-state index in [0.717, 1.165) is 17.7 Å². The largest absolute Gasteiger partial charge is 0.497 e. The second-order valence-corrected chi connectivity index (χ2v) is 6.74. The van der Waals surface area contributed by atoms with Gasteiger partial charge in [0.05, 0.1) is 13.5 Å². The lowest BCUT2D eigenvalue weighted by Crippen LogP contribution is -2.36. The van der Waals surface area contributed by atoms with Gasteiger partial charge in [0, 0.05) is 11.3 Å². The predicted molar refractivity (Wildman–Crippen MR) is 109 cm³/mol. The molecule has 29 heavy (non-hydrogen) atoms. The molecule has 1 unspecified atom stereocenters. The fraction of sp³-hybridized carbons (Fsp3) is 0.238. The van der Waals surface area contributed by atoms with E-state index in [1.54, 1.807) is 19.2 Å². The lowest BCUT2D eigenvalue weighted by Gasteiger charge is -2.22. The van der Waals surface area contributed by atoms with Crippen LogP contribution < -0.4 is 15.4 Å². The molecule has 8 heteroatoms. The van der Waals surface area contributed by atoms with Crippen LogP contribution in [0.5, 0.6) is 5.75 Å². The van der Waals surface area contributed by atoms with Crippen LogP contribution in [-0.4, -0.2) is 33.7 Å². The number of ether oxygens (including phenoxy) is 1. The van der Waals surface area contributed by atoms with E-state index in [-0.39, 0.29) is 24.2 Å². The van der Waals surface area contributed by atoms with Gasteiger partial charge in [-0.05, 0) is 48.4 Å². The number of carbonyl (C=O) groups excluding carboxylic acids is 2. The second kappa shape index (κ2) is 7.75. The third kappa shape index (κ3) is 3.82. The number of nitrogens with zero attached hydrogens (tertiary/aromatic N) is 3. The van der Waals surface area contributed by atoms with Gasteiger partial charge in [0.25, 0.3) is 0 Å². The maximum Gasteiger partial charge on any atom is 0.249 e. The zero-order valence-electron chi connectivity index (χ0n) is 16.2. The van der Waals surface area contributed by atoms with E-state index in [1.807, 2.05) is 36.4 Å². The van der Waals surface area contributed by atoms with Gasteiger partial charge in [-0.3, -0.25) is 14.9 Å². The van der Waals surface area contributed by atoms with Crippen LogP contribution >= 0.6 is 0 Å². The number of aromatic nitrogens is 3. The number of fused-ring (bicyclic) bond motifs is 1. The maximum atomic E-state index is 12.9. The van der Waals surface area contributed by atoms with Crippen LogP contribution in [0.25, 0.3) is 11.4 Å². The van der Waals surface area contributed by atoms with Crippen molar-refractivity contribution in [2.45, 2.75) is 25.8 Å². The van der Waals surface area contributed by atoms with Crippen LogP contribution in [0.3, 0.4) is 0 Å². The minimum atomic E-state index is -0.774. The first-order chi connectivity index (χ1) is 14.1. The van der Waals surface area contributed by atoms with Crippen molar-refractivity contribution in [3.63, 3.8) is 0 Å². The van der Waals surface area contributed by atoms with Gasteiger partial charge in [0.15, 0.2) is 5.82 Å². The van der Waals surface area contributed by atoms with E-state index in [1.165, 1.54) is 10.2 Å². The number of benzene rings is 2. The SMILES string of the molecule is CCc1ccc(NC(=O)C2CC(=O)Nc3nc(-c4ccc(OC)cc4)nn32)cc1. The summed E-state index contributed by atoms with van der Waals surface area (Å²) in [5.74, 6) is 0.824. The Bertz CT molecular complexity index is 1040. The number of rotatable bonds is 5. The van der Waals surface area contributed by atoms with Crippen LogP contribution in [0.15, 0.2) is 48.5 Å². The minimum absolute atomic E-state index is 0.00269. The first kappa shape index (κ1) is 18.7. The Morgan fingerprint density at radius 3 is 2.59 bits per heavy atom. The van der Waals surface area contributed by atoms with Crippen molar-refractivity contribution in [1.82, 2.24) is 14.8 Å². The van der Waals surface area contributed by atoms with Crippen molar-refractivity contribution in [3.05, 3.63) is 54.1 Å². The Morgan fingerprint density at radius 2 is 1.93 bits per heavy atom. The highest BCUT2D eigenvalue weighted by atomic mass is 16.5. The molecule has 0 radical (unpaired) electrons.